The molecule has 116 valence electrons. The summed E-state index contributed by atoms with van der Waals surface area (Å²) >= 11 is 0. The zero-order chi connectivity index (χ0) is 15.7. The third-order valence-electron chi connectivity index (χ3n) is 3.99. The van der Waals surface area contributed by atoms with Crippen molar-refractivity contribution in [1.82, 2.24) is 24.8 Å². The van der Waals surface area contributed by atoms with Crippen molar-refractivity contribution in [2.24, 2.45) is 7.05 Å². The van der Waals surface area contributed by atoms with E-state index in [1.165, 1.54) is 0 Å². The summed E-state index contributed by atoms with van der Waals surface area (Å²) in [5.74, 6) is 1.11. The van der Waals surface area contributed by atoms with Crippen LogP contribution < -0.4 is 0 Å². The number of hydrogen-bond donors (Lipinski definition) is 0. The molecule has 1 atom stereocenters. The van der Waals surface area contributed by atoms with Gasteiger partial charge < -0.3 is 13.5 Å². The molecule has 7 heteroatoms. The van der Waals surface area contributed by atoms with Gasteiger partial charge in [0.05, 0.1) is 12.6 Å². The molecule has 0 unspecified atom stereocenters. The topological polar surface area (TPSA) is 73.1 Å². The van der Waals surface area contributed by atoms with Gasteiger partial charge >= 0.3 is 0 Å². The number of aromatic nitrogens is 4. The first kappa shape index (κ1) is 14.5. The highest BCUT2D eigenvalue weighted by molar-refractivity contribution is 5.48. The Kier molecular flexibility index (Phi) is 3.81. The van der Waals surface area contributed by atoms with E-state index in [2.05, 4.69) is 27.2 Å². The van der Waals surface area contributed by atoms with Crippen molar-refractivity contribution < 1.29 is 8.94 Å². The molecule has 0 aliphatic heterocycles. The highest BCUT2D eigenvalue weighted by Crippen LogP contribution is 2.22. The van der Waals surface area contributed by atoms with Crippen LogP contribution >= 0.6 is 0 Å². The second kappa shape index (κ2) is 5.76. The van der Waals surface area contributed by atoms with Gasteiger partial charge in [-0.3, -0.25) is 4.90 Å². The zero-order valence-corrected chi connectivity index (χ0v) is 13.1. The molecular formula is C15H19N5O2. The Morgan fingerprint density at radius 2 is 2.09 bits per heavy atom. The molecule has 0 radical (unpaired) electrons. The summed E-state index contributed by atoms with van der Waals surface area (Å²) < 4.78 is 12.7. The normalized spacial score (nSPS) is 13.0. The minimum atomic E-state index is 0.103. The van der Waals surface area contributed by atoms with Crippen molar-refractivity contribution in [2.45, 2.75) is 26.4 Å². The third kappa shape index (κ3) is 2.67. The Bertz CT molecular complexity index is 744. The Morgan fingerprint density at radius 1 is 1.27 bits per heavy atom. The lowest BCUT2D eigenvalue weighted by molar-refractivity contribution is 0.219. The first-order valence-corrected chi connectivity index (χ1v) is 7.12. The average molecular weight is 301 g/mol. The summed E-state index contributed by atoms with van der Waals surface area (Å²) in [5, 5.41) is 12.2. The minimum Gasteiger partial charge on any atom is -0.418 e. The molecule has 22 heavy (non-hydrogen) atoms. The van der Waals surface area contributed by atoms with Gasteiger partial charge in [0.15, 0.2) is 0 Å². The summed E-state index contributed by atoms with van der Waals surface area (Å²) in [5.41, 5.74) is 2.94. The fourth-order valence-electron chi connectivity index (χ4n) is 2.26. The molecule has 0 saturated carbocycles. The molecule has 0 spiro atoms. The van der Waals surface area contributed by atoms with Crippen molar-refractivity contribution in [3.8, 4) is 11.6 Å². The first-order chi connectivity index (χ1) is 10.6. The van der Waals surface area contributed by atoms with Crippen molar-refractivity contribution in [3.63, 3.8) is 0 Å². The van der Waals surface area contributed by atoms with Gasteiger partial charge in [-0.2, -0.15) is 0 Å². The van der Waals surface area contributed by atoms with E-state index < -0.39 is 0 Å². The molecule has 0 aliphatic carbocycles. The van der Waals surface area contributed by atoms with Crippen LogP contribution in [0.3, 0.4) is 0 Å². The Hall–Kier alpha value is -2.41. The van der Waals surface area contributed by atoms with E-state index >= 15 is 0 Å². The van der Waals surface area contributed by atoms with Gasteiger partial charge in [0.2, 0.25) is 5.89 Å². The lowest BCUT2D eigenvalue weighted by Gasteiger charge is -2.20. The fraction of sp³-hybridized carbons (Fsp3) is 0.400. The second-order valence-corrected chi connectivity index (χ2v) is 5.44. The summed E-state index contributed by atoms with van der Waals surface area (Å²) in [4.78, 5) is 2.07. The smallest absolute Gasteiger partial charge is 0.264 e. The average Bonchev–Trinajstić information content (AvgIpc) is 3.22. The molecule has 3 heterocycles. The van der Waals surface area contributed by atoms with Crippen LogP contribution in [0.1, 0.15) is 30.2 Å². The van der Waals surface area contributed by atoms with Crippen molar-refractivity contribution in [2.75, 3.05) is 7.05 Å². The van der Waals surface area contributed by atoms with Crippen LogP contribution in [-0.2, 0) is 13.6 Å². The van der Waals surface area contributed by atoms with Gasteiger partial charge in [-0.25, -0.2) is 0 Å². The molecule has 0 amide bonds. The maximum atomic E-state index is 5.77. The van der Waals surface area contributed by atoms with Gasteiger partial charge in [-0.1, -0.05) is 5.16 Å². The minimum absolute atomic E-state index is 0.103. The molecule has 3 aromatic rings. The van der Waals surface area contributed by atoms with Crippen LogP contribution in [0.4, 0.5) is 0 Å². The molecule has 0 aromatic carbocycles. The molecule has 0 saturated heterocycles. The van der Waals surface area contributed by atoms with E-state index in [-0.39, 0.29) is 6.04 Å². The van der Waals surface area contributed by atoms with E-state index in [4.69, 9.17) is 8.94 Å². The monoisotopic (exact) mass is 301 g/mol. The molecule has 3 aromatic heterocycles. The van der Waals surface area contributed by atoms with E-state index in [0.717, 1.165) is 17.1 Å². The molecule has 3 rings (SSSR count). The van der Waals surface area contributed by atoms with Crippen molar-refractivity contribution >= 4 is 0 Å². The standard InChI is InChI=1S/C15H19N5O2/c1-10-5-6-13(20(10)4)15-17-16-14(22-15)9-19(3)11(2)12-7-8-21-18-12/h5-8,11H,9H2,1-4H3/t11-/m1/s1. The van der Waals surface area contributed by atoms with Crippen LogP contribution in [-0.4, -0.2) is 31.9 Å². The number of nitrogens with zero attached hydrogens (tertiary/aromatic N) is 5. The predicted octanol–water partition coefficient (Wildman–Crippen LogP) is 2.56. The van der Waals surface area contributed by atoms with Crippen molar-refractivity contribution in [3.05, 3.63) is 41.7 Å². The zero-order valence-electron chi connectivity index (χ0n) is 13.1. The van der Waals surface area contributed by atoms with Crippen LogP contribution in [0.2, 0.25) is 0 Å². The number of hydrogen-bond acceptors (Lipinski definition) is 6. The van der Waals surface area contributed by atoms with Crippen LogP contribution in [0.25, 0.3) is 11.6 Å². The molecule has 0 N–H and O–H groups in total. The Balaban J connectivity index is 1.73. The lowest BCUT2D eigenvalue weighted by Crippen LogP contribution is -2.22. The van der Waals surface area contributed by atoms with E-state index in [0.29, 0.717) is 18.3 Å². The molecule has 0 fully saturated rings. The van der Waals surface area contributed by atoms with E-state index in [9.17, 15) is 0 Å². The largest absolute Gasteiger partial charge is 0.418 e. The fourth-order valence-corrected chi connectivity index (χ4v) is 2.26. The van der Waals surface area contributed by atoms with E-state index in [1.54, 1.807) is 6.26 Å². The van der Waals surface area contributed by atoms with Gasteiger partial charge in [0.1, 0.15) is 17.7 Å². The quantitative estimate of drug-likeness (QED) is 0.721. The summed E-state index contributed by atoms with van der Waals surface area (Å²) in [7, 11) is 3.96. The van der Waals surface area contributed by atoms with Crippen LogP contribution in [0.5, 0.6) is 0 Å². The summed E-state index contributed by atoms with van der Waals surface area (Å²) in [6.45, 7) is 4.63. The Morgan fingerprint density at radius 3 is 2.73 bits per heavy atom. The molecular weight excluding hydrogens is 282 g/mol. The maximum Gasteiger partial charge on any atom is 0.264 e. The van der Waals surface area contributed by atoms with Gasteiger partial charge in [0, 0.05) is 18.8 Å². The van der Waals surface area contributed by atoms with E-state index in [1.807, 2.05) is 43.8 Å². The SMILES string of the molecule is Cc1ccc(-c2nnc(CN(C)[C@H](C)c3ccon3)o2)n1C. The van der Waals surface area contributed by atoms with Crippen LogP contribution in [0.15, 0.2) is 33.4 Å². The second-order valence-electron chi connectivity index (χ2n) is 5.44. The molecule has 7 nitrogen and oxygen atoms in total. The predicted molar refractivity (Wildman–Crippen MR) is 79.8 cm³/mol. The van der Waals surface area contributed by atoms with Crippen molar-refractivity contribution in [1.29, 1.82) is 0 Å². The number of rotatable bonds is 5. The third-order valence-corrected chi connectivity index (χ3v) is 3.99. The first-order valence-electron chi connectivity index (χ1n) is 7.12. The molecule has 0 bridgehead atoms. The van der Waals surface area contributed by atoms with Crippen LogP contribution in [0, 0.1) is 6.92 Å². The Labute approximate surface area is 128 Å². The van der Waals surface area contributed by atoms with Gasteiger partial charge in [-0.15, -0.1) is 10.2 Å². The highest BCUT2D eigenvalue weighted by Gasteiger charge is 2.18. The lowest BCUT2D eigenvalue weighted by atomic mass is 10.2. The summed E-state index contributed by atoms with van der Waals surface area (Å²) in [6, 6.07) is 5.96. The van der Waals surface area contributed by atoms with Gasteiger partial charge in [0.25, 0.3) is 5.89 Å². The summed E-state index contributed by atoms with van der Waals surface area (Å²) in [6.07, 6.45) is 1.57. The highest BCUT2D eigenvalue weighted by atomic mass is 16.5. The number of aryl methyl sites for hydroxylation is 1. The van der Waals surface area contributed by atoms with Gasteiger partial charge in [-0.05, 0) is 33.0 Å². The molecule has 0 aliphatic rings. The maximum absolute atomic E-state index is 5.77.